The lowest BCUT2D eigenvalue weighted by atomic mass is 10.1. The summed E-state index contributed by atoms with van der Waals surface area (Å²) in [6.07, 6.45) is 2.09. The number of anilines is 1. The SMILES string of the molecule is CN=C(NCc1ccnc(N2CCOC(C)C2)c1)NCc1ccc(C)cc1OC(C)(C)C.I. The van der Waals surface area contributed by atoms with Gasteiger partial charge in [-0.1, -0.05) is 12.1 Å². The molecule has 2 aromatic rings. The number of hydrogen-bond donors (Lipinski definition) is 2. The predicted molar refractivity (Wildman–Crippen MR) is 146 cm³/mol. The summed E-state index contributed by atoms with van der Waals surface area (Å²) in [5.74, 6) is 2.63. The van der Waals surface area contributed by atoms with E-state index in [1.54, 1.807) is 7.05 Å². The van der Waals surface area contributed by atoms with Gasteiger partial charge in [0, 0.05) is 45.0 Å². The Morgan fingerprint density at radius 1 is 1.21 bits per heavy atom. The lowest BCUT2D eigenvalue weighted by Crippen LogP contribution is -2.41. The van der Waals surface area contributed by atoms with Gasteiger partial charge in [-0.05, 0) is 63.9 Å². The van der Waals surface area contributed by atoms with Gasteiger partial charge in [0.1, 0.15) is 17.2 Å². The molecule has 3 rings (SSSR count). The molecule has 33 heavy (non-hydrogen) atoms. The van der Waals surface area contributed by atoms with E-state index in [0.717, 1.165) is 48.4 Å². The number of aromatic nitrogens is 1. The number of aliphatic imine (C=N–C) groups is 1. The molecule has 0 bridgehead atoms. The van der Waals surface area contributed by atoms with E-state index >= 15 is 0 Å². The van der Waals surface area contributed by atoms with Gasteiger partial charge in [-0.15, -0.1) is 24.0 Å². The van der Waals surface area contributed by atoms with Crippen molar-refractivity contribution >= 4 is 35.8 Å². The first-order chi connectivity index (χ1) is 15.2. The summed E-state index contributed by atoms with van der Waals surface area (Å²) < 4.78 is 11.8. The first-order valence-electron chi connectivity index (χ1n) is 11.3. The van der Waals surface area contributed by atoms with E-state index in [0.29, 0.717) is 13.1 Å². The summed E-state index contributed by atoms with van der Waals surface area (Å²) in [5, 5.41) is 6.80. The van der Waals surface area contributed by atoms with E-state index in [2.05, 4.69) is 84.4 Å². The second kappa shape index (κ2) is 12.4. The van der Waals surface area contributed by atoms with Gasteiger partial charge in [-0.2, -0.15) is 0 Å². The van der Waals surface area contributed by atoms with E-state index in [-0.39, 0.29) is 35.7 Å². The molecule has 1 unspecified atom stereocenters. The van der Waals surface area contributed by atoms with Crippen LogP contribution >= 0.6 is 24.0 Å². The molecule has 0 aliphatic carbocycles. The van der Waals surface area contributed by atoms with E-state index in [1.165, 1.54) is 5.56 Å². The number of guanidine groups is 1. The smallest absolute Gasteiger partial charge is 0.191 e. The van der Waals surface area contributed by atoms with Crippen LogP contribution in [0, 0.1) is 6.92 Å². The molecule has 8 heteroatoms. The lowest BCUT2D eigenvalue weighted by molar-refractivity contribution is 0.0529. The summed E-state index contributed by atoms with van der Waals surface area (Å²) in [7, 11) is 1.78. The van der Waals surface area contributed by atoms with Gasteiger partial charge < -0.3 is 25.0 Å². The summed E-state index contributed by atoms with van der Waals surface area (Å²) in [5.41, 5.74) is 3.18. The number of pyridine rings is 1. The molecule has 7 nitrogen and oxygen atoms in total. The van der Waals surface area contributed by atoms with Crippen molar-refractivity contribution < 1.29 is 9.47 Å². The maximum absolute atomic E-state index is 6.17. The van der Waals surface area contributed by atoms with Crippen LogP contribution in [0.3, 0.4) is 0 Å². The van der Waals surface area contributed by atoms with E-state index in [1.807, 2.05) is 12.3 Å². The zero-order valence-electron chi connectivity index (χ0n) is 20.6. The Kier molecular flexibility index (Phi) is 10.2. The van der Waals surface area contributed by atoms with Crippen molar-refractivity contribution in [2.45, 2.75) is 59.4 Å². The van der Waals surface area contributed by atoms with E-state index in [4.69, 9.17) is 9.47 Å². The lowest BCUT2D eigenvalue weighted by Gasteiger charge is -2.32. The Hall–Kier alpha value is -2.07. The zero-order chi connectivity index (χ0) is 23.1. The van der Waals surface area contributed by atoms with Crippen LogP contribution in [0.1, 0.15) is 44.4 Å². The standard InChI is InChI=1S/C25H37N5O2.HI/c1-18-7-8-21(22(13-18)32-25(3,4)5)16-29-24(26-6)28-15-20-9-10-27-23(14-20)30-11-12-31-19(2)17-30;/h7-10,13-14,19H,11-12,15-17H2,1-6H3,(H2,26,28,29);1H. The minimum Gasteiger partial charge on any atom is -0.488 e. The predicted octanol–water partition coefficient (Wildman–Crippen LogP) is 4.28. The summed E-state index contributed by atoms with van der Waals surface area (Å²) in [6.45, 7) is 14.1. The molecule has 0 amide bonds. The highest BCUT2D eigenvalue weighted by atomic mass is 127. The Labute approximate surface area is 215 Å². The van der Waals surface area contributed by atoms with Crippen molar-refractivity contribution in [3.8, 4) is 5.75 Å². The second-order valence-electron chi connectivity index (χ2n) is 9.25. The third-order valence-electron chi connectivity index (χ3n) is 5.14. The molecule has 1 saturated heterocycles. The molecule has 0 spiro atoms. The number of aryl methyl sites for hydroxylation is 1. The van der Waals surface area contributed by atoms with Crippen molar-refractivity contribution in [3.05, 3.63) is 53.2 Å². The van der Waals surface area contributed by atoms with Gasteiger partial charge in [0.25, 0.3) is 0 Å². The van der Waals surface area contributed by atoms with Crippen LogP contribution in [-0.2, 0) is 17.8 Å². The molecule has 1 aromatic carbocycles. The summed E-state index contributed by atoms with van der Waals surface area (Å²) >= 11 is 0. The Bertz CT molecular complexity index is 929. The number of morpholine rings is 1. The van der Waals surface area contributed by atoms with Crippen LogP contribution in [-0.4, -0.2) is 49.4 Å². The highest BCUT2D eigenvalue weighted by Crippen LogP contribution is 2.24. The van der Waals surface area contributed by atoms with Crippen LogP contribution in [0.4, 0.5) is 5.82 Å². The maximum atomic E-state index is 6.17. The molecule has 2 heterocycles. The van der Waals surface area contributed by atoms with Crippen molar-refractivity contribution in [3.63, 3.8) is 0 Å². The molecule has 0 saturated carbocycles. The first-order valence-corrected chi connectivity index (χ1v) is 11.3. The third-order valence-corrected chi connectivity index (χ3v) is 5.14. The monoisotopic (exact) mass is 567 g/mol. The largest absolute Gasteiger partial charge is 0.488 e. The van der Waals surface area contributed by atoms with Crippen LogP contribution in [0.15, 0.2) is 41.5 Å². The van der Waals surface area contributed by atoms with Crippen LogP contribution in [0.25, 0.3) is 0 Å². The van der Waals surface area contributed by atoms with Gasteiger partial charge in [-0.25, -0.2) is 4.98 Å². The fourth-order valence-corrected chi connectivity index (χ4v) is 3.59. The van der Waals surface area contributed by atoms with Gasteiger partial charge in [0.2, 0.25) is 0 Å². The normalized spacial score (nSPS) is 16.7. The molecule has 2 N–H and O–H groups in total. The molecule has 1 atom stereocenters. The summed E-state index contributed by atoms with van der Waals surface area (Å²) in [4.78, 5) is 11.2. The van der Waals surface area contributed by atoms with Crippen molar-refractivity contribution in [1.82, 2.24) is 15.6 Å². The third kappa shape index (κ3) is 8.66. The molecular formula is C25H38IN5O2. The fourth-order valence-electron chi connectivity index (χ4n) is 3.59. The zero-order valence-corrected chi connectivity index (χ0v) is 23.0. The first kappa shape index (κ1) is 27.2. The molecule has 1 fully saturated rings. The summed E-state index contributed by atoms with van der Waals surface area (Å²) in [6, 6.07) is 10.5. The quantitative estimate of drug-likeness (QED) is 0.309. The average molecular weight is 568 g/mol. The number of hydrogen-bond acceptors (Lipinski definition) is 5. The maximum Gasteiger partial charge on any atom is 0.191 e. The van der Waals surface area contributed by atoms with E-state index < -0.39 is 0 Å². The molecule has 1 aliphatic heterocycles. The number of nitrogens with one attached hydrogen (secondary N) is 2. The molecule has 182 valence electrons. The minimum absolute atomic E-state index is 0. The minimum atomic E-state index is -0.250. The topological polar surface area (TPSA) is 71.0 Å². The fraction of sp³-hybridized carbons (Fsp3) is 0.520. The van der Waals surface area contributed by atoms with Gasteiger partial charge in [0.05, 0.1) is 12.7 Å². The molecule has 0 radical (unpaired) electrons. The number of halogens is 1. The number of rotatable bonds is 6. The highest BCUT2D eigenvalue weighted by molar-refractivity contribution is 14.0. The Morgan fingerprint density at radius 2 is 1.97 bits per heavy atom. The average Bonchev–Trinajstić information content (AvgIpc) is 2.74. The van der Waals surface area contributed by atoms with Gasteiger partial charge in [-0.3, -0.25) is 4.99 Å². The van der Waals surface area contributed by atoms with Crippen LogP contribution in [0.5, 0.6) is 5.75 Å². The van der Waals surface area contributed by atoms with Crippen LogP contribution in [0.2, 0.25) is 0 Å². The Morgan fingerprint density at radius 3 is 2.67 bits per heavy atom. The number of ether oxygens (including phenoxy) is 2. The van der Waals surface area contributed by atoms with E-state index in [9.17, 15) is 0 Å². The van der Waals surface area contributed by atoms with Gasteiger partial charge >= 0.3 is 0 Å². The van der Waals surface area contributed by atoms with Gasteiger partial charge in [0.15, 0.2) is 5.96 Å². The molecule has 1 aromatic heterocycles. The highest BCUT2D eigenvalue weighted by Gasteiger charge is 2.18. The van der Waals surface area contributed by atoms with Crippen LogP contribution < -0.4 is 20.3 Å². The number of benzene rings is 1. The van der Waals surface area contributed by atoms with Crippen molar-refractivity contribution in [2.75, 3.05) is 31.6 Å². The van der Waals surface area contributed by atoms with Crippen molar-refractivity contribution in [1.29, 1.82) is 0 Å². The number of nitrogens with zero attached hydrogens (tertiary/aromatic N) is 3. The Balaban J connectivity index is 0.00000385. The molecular weight excluding hydrogens is 529 g/mol. The molecule has 1 aliphatic rings. The van der Waals surface area contributed by atoms with Crippen molar-refractivity contribution in [2.24, 2.45) is 4.99 Å². The second-order valence-corrected chi connectivity index (χ2v) is 9.25.